The molecule has 1 atom stereocenters. The second kappa shape index (κ2) is 7.44. The van der Waals surface area contributed by atoms with Crippen molar-refractivity contribution in [1.82, 2.24) is 5.43 Å². The van der Waals surface area contributed by atoms with Gasteiger partial charge in [0.05, 0.1) is 5.25 Å². The molecule has 3 nitrogen and oxygen atoms in total. The highest BCUT2D eigenvalue weighted by molar-refractivity contribution is 8.00. The first kappa shape index (κ1) is 15.1. The zero-order valence-corrected chi connectivity index (χ0v) is 12.3. The van der Waals surface area contributed by atoms with E-state index in [1.807, 2.05) is 45.0 Å². The quantitative estimate of drug-likeness (QED) is 0.509. The monoisotopic (exact) mass is 284 g/mol. The summed E-state index contributed by atoms with van der Waals surface area (Å²) in [4.78, 5) is 12.8. The largest absolute Gasteiger partial charge is 0.272 e. The zero-order valence-electron chi connectivity index (χ0n) is 10.7. The maximum Gasteiger partial charge on any atom is 0.253 e. The average Bonchev–Trinajstić information content (AvgIpc) is 2.38. The van der Waals surface area contributed by atoms with Gasteiger partial charge in [0.25, 0.3) is 5.91 Å². The van der Waals surface area contributed by atoms with Crippen molar-refractivity contribution < 1.29 is 4.79 Å². The molecule has 1 aromatic carbocycles. The third-order valence-electron chi connectivity index (χ3n) is 2.36. The molecular formula is C13H17ClN2OS. The highest BCUT2D eigenvalue weighted by Crippen LogP contribution is 2.24. The SMILES string of the molecule is CC/C(C)=N/NC(=O)C(C)Sc1ccc(Cl)cc1. The molecule has 0 heterocycles. The second-order valence-electron chi connectivity index (χ2n) is 3.89. The van der Waals surface area contributed by atoms with Gasteiger partial charge in [-0.3, -0.25) is 4.79 Å². The van der Waals surface area contributed by atoms with Crippen LogP contribution in [0, 0.1) is 0 Å². The van der Waals surface area contributed by atoms with Crippen molar-refractivity contribution in [2.24, 2.45) is 5.10 Å². The fourth-order valence-electron chi connectivity index (χ4n) is 1.09. The van der Waals surface area contributed by atoms with E-state index in [0.717, 1.165) is 17.0 Å². The minimum atomic E-state index is -0.195. The molecule has 0 fully saturated rings. The Labute approximate surface area is 117 Å². The number of hydrogen-bond acceptors (Lipinski definition) is 3. The summed E-state index contributed by atoms with van der Waals surface area (Å²) in [5.74, 6) is -0.0947. The van der Waals surface area contributed by atoms with Crippen LogP contribution in [0.1, 0.15) is 27.2 Å². The molecule has 1 N–H and O–H groups in total. The first-order valence-corrected chi connectivity index (χ1v) is 7.04. The van der Waals surface area contributed by atoms with E-state index in [4.69, 9.17) is 11.6 Å². The molecule has 98 valence electrons. The van der Waals surface area contributed by atoms with Crippen LogP contribution in [-0.2, 0) is 4.79 Å². The number of nitrogens with one attached hydrogen (secondary N) is 1. The fourth-order valence-corrected chi connectivity index (χ4v) is 2.08. The van der Waals surface area contributed by atoms with E-state index in [-0.39, 0.29) is 11.2 Å². The Morgan fingerprint density at radius 2 is 2.06 bits per heavy atom. The van der Waals surface area contributed by atoms with E-state index in [1.54, 1.807) is 0 Å². The topological polar surface area (TPSA) is 41.5 Å². The molecule has 1 unspecified atom stereocenters. The molecule has 0 aliphatic heterocycles. The van der Waals surface area contributed by atoms with Crippen LogP contribution < -0.4 is 5.43 Å². The predicted molar refractivity (Wildman–Crippen MR) is 78.3 cm³/mol. The number of amides is 1. The van der Waals surface area contributed by atoms with Crippen LogP contribution in [0.4, 0.5) is 0 Å². The first-order chi connectivity index (χ1) is 8.52. The third-order valence-corrected chi connectivity index (χ3v) is 3.73. The molecule has 1 rings (SSSR count). The van der Waals surface area contributed by atoms with E-state index in [1.165, 1.54) is 11.8 Å². The van der Waals surface area contributed by atoms with Gasteiger partial charge >= 0.3 is 0 Å². The minimum absolute atomic E-state index is 0.0947. The highest BCUT2D eigenvalue weighted by atomic mass is 35.5. The maximum atomic E-state index is 11.8. The standard InChI is InChI=1S/C13H17ClN2OS/c1-4-9(2)15-16-13(17)10(3)18-12-7-5-11(14)6-8-12/h5-8,10H,4H2,1-3H3,(H,16,17)/b15-9+. The summed E-state index contributed by atoms with van der Waals surface area (Å²) < 4.78 is 0. The summed E-state index contributed by atoms with van der Waals surface area (Å²) in [6.45, 7) is 5.74. The van der Waals surface area contributed by atoms with Crippen LogP contribution in [-0.4, -0.2) is 16.9 Å². The van der Waals surface area contributed by atoms with Crippen LogP contribution in [0.3, 0.4) is 0 Å². The van der Waals surface area contributed by atoms with Gasteiger partial charge in [-0.05, 0) is 44.5 Å². The van der Waals surface area contributed by atoms with E-state index in [9.17, 15) is 4.79 Å². The van der Waals surface area contributed by atoms with Crippen LogP contribution in [0.25, 0.3) is 0 Å². The number of thioether (sulfide) groups is 1. The first-order valence-electron chi connectivity index (χ1n) is 5.78. The molecule has 1 amide bonds. The van der Waals surface area contributed by atoms with Crippen LogP contribution in [0.15, 0.2) is 34.3 Å². The lowest BCUT2D eigenvalue weighted by Crippen LogP contribution is -2.27. The van der Waals surface area contributed by atoms with Crippen molar-refractivity contribution in [3.63, 3.8) is 0 Å². The number of carbonyl (C=O) groups is 1. The van der Waals surface area contributed by atoms with E-state index < -0.39 is 0 Å². The Morgan fingerprint density at radius 3 is 2.61 bits per heavy atom. The molecule has 0 bridgehead atoms. The molecule has 1 aromatic rings. The van der Waals surface area contributed by atoms with Crippen LogP contribution in [0.2, 0.25) is 5.02 Å². The van der Waals surface area contributed by atoms with Gasteiger partial charge in [0.15, 0.2) is 0 Å². The van der Waals surface area contributed by atoms with Gasteiger partial charge in [0, 0.05) is 15.6 Å². The van der Waals surface area contributed by atoms with Gasteiger partial charge in [-0.25, -0.2) is 5.43 Å². The lowest BCUT2D eigenvalue weighted by molar-refractivity contribution is -0.120. The number of hydrazone groups is 1. The number of benzene rings is 1. The highest BCUT2D eigenvalue weighted by Gasteiger charge is 2.13. The summed E-state index contributed by atoms with van der Waals surface area (Å²) in [6, 6.07) is 7.43. The van der Waals surface area contributed by atoms with E-state index >= 15 is 0 Å². The Morgan fingerprint density at radius 1 is 1.44 bits per heavy atom. The Balaban J connectivity index is 2.52. The number of rotatable bonds is 5. The number of hydrogen-bond donors (Lipinski definition) is 1. The fraction of sp³-hybridized carbons (Fsp3) is 0.385. The van der Waals surface area contributed by atoms with Gasteiger partial charge in [-0.15, -0.1) is 11.8 Å². The van der Waals surface area contributed by atoms with Crippen molar-refractivity contribution in [3.8, 4) is 0 Å². The molecule has 0 radical (unpaired) electrons. The third kappa shape index (κ3) is 5.10. The molecule has 0 aliphatic rings. The van der Waals surface area contributed by atoms with Gasteiger partial charge in [0.2, 0.25) is 0 Å². The predicted octanol–water partition coefficient (Wildman–Crippen LogP) is 3.72. The molecule has 0 aromatic heterocycles. The molecule has 0 saturated heterocycles. The smallest absolute Gasteiger partial charge is 0.253 e. The summed E-state index contributed by atoms with van der Waals surface area (Å²) in [6.07, 6.45) is 0.832. The zero-order chi connectivity index (χ0) is 13.5. The van der Waals surface area contributed by atoms with Crippen molar-refractivity contribution in [1.29, 1.82) is 0 Å². The van der Waals surface area contributed by atoms with Gasteiger partial charge in [-0.1, -0.05) is 18.5 Å². The summed E-state index contributed by atoms with van der Waals surface area (Å²) in [5, 5.41) is 4.50. The number of carbonyl (C=O) groups excluding carboxylic acids is 1. The van der Waals surface area contributed by atoms with Crippen molar-refractivity contribution in [3.05, 3.63) is 29.3 Å². The molecule has 0 aliphatic carbocycles. The van der Waals surface area contributed by atoms with Crippen molar-refractivity contribution >= 4 is 35.0 Å². The van der Waals surface area contributed by atoms with Gasteiger partial charge < -0.3 is 0 Å². The van der Waals surface area contributed by atoms with Crippen LogP contribution in [0.5, 0.6) is 0 Å². The van der Waals surface area contributed by atoms with Gasteiger partial charge in [-0.2, -0.15) is 5.10 Å². The van der Waals surface area contributed by atoms with Gasteiger partial charge in [0.1, 0.15) is 0 Å². The molecule has 0 saturated carbocycles. The number of halogens is 1. The maximum absolute atomic E-state index is 11.8. The van der Waals surface area contributed by atoms with E-state index in [2.05, 4.69) is 10.5 Å². The van der Waals surface area contributed by atoms with Crippen LogP contribution >= 0.6 is 23.4 Å². The van der Waals surface area contributed by atoms with Crippen molar-refractivity contribution in [2.45, 2.75) is 37.3 Å². The lowest BCUT2D eigenvalue weighted by Gasteiger charge is -2.09. The Kier molecular flexibility index (Phi) is 6.22. The summed E-state index contributed by atoms with van der Waals surface area (Å²) in [7, 11) is 0. The minimum Gasteiger partial charge on any atom is -0.272 e. The number of nitrogens with zero attached hydrogens (tertiary/aromatic N) is 1. The summed E-state index contributed by atoms with van der Waals surface area (Å²) in [5.41, 5.74) is 3.48. The molecule has 0 spiro atoms. The molecule has 18 heavy (non-hydrogen) atoms. The molecular weight excluding hydrogens is 268 g/mol. The van der Waals surface area contributed by atoms with Crippen molar-refractivity contribution in [2.75, 3.05) is 0 Å². The second-order valence-corrected chi connectivity index (χ2v) is 5.74. The normalized spacial score (nSPS) is 13.2. The Hall–Kier alpha value is -1.00. The lowest BCUT2D eigenvalue weighted by atomic mass is 10.3. The average molecular weight is 285 g/mol. The Bertz CT molecular complexity index is 431. The summed E-state index contributed by atoms with van der Waals surface area (Å²) >= 11 is 7.28. The van der Waals surface area contributed by atoms with E-state index in [0.29, 0.717) is 5.02 Å². The molecule has 5 heteroatoms.